The summed E-state index contributed by atoms with van der Waals surface area (Å²) >= 11 is 0. The summed E-state index contributed by atoms with van der Waals surface area (Å²) in [5.74, 6) is 0. The normalized spacial score (nSPS) is 21.4. The summed E-state index contributed by atoms with van der Waals surface area (Å²) in [6.07, 6.45) is 5.20. The lowest BCUT2D eigenvalue weighted by atomic mass is 10.0. The fraction of sp³-hybridized carbons (Fsp3) is 0.565. The van der Waals surface area contributed by atoms with Crippen molar-refractivity contribution in [2.24, 2.45) is 0 Å². The largest absolute Gasteiger partial charge is 0.101 e. The van der Waals surface area contributed by atoms with Gasteiger partial charge in [-0.25, -0.2) is 0 Å². The van der Waals surface area contributed by atoms with Gasteiger partial charge in [0, 0.05) is 5.04 Å². The van der Waals surface area contributed by atoms with E-state index in [0.29, 0.717) is 0 Å². The Morgan fingerprint density at radius 3 is 1.71 bits per heavy atom. The lowest BCUT2D eigenvalue weighted by molar-refractivity contribution is 0.806. The molecule has 0 aliphatic heterocycles. The van der Waals surface area contributed by atoms with Crippen molar-refractivity contribution in [2.45, 2.75) is 85.4 Å². The first-order chi connectivity index (χ1) is 11.2. The van der Waals surface area contributed by atoms with Gasteiger partial charge in [0.25, 0.3) is 0 Å². The molecule has 0 nitrogen and oxygen atoms in total. The molecule has 0 saturated carbocycles. The standard InChI is InChI=1S/C23H36Si/c1-9-11-24(12-10-2,22-14-17(3)13-18(4)15-22)23(8)16-19(5)20(6)21(23)7/h13-16H,9-12H2,1-8H3. The Bertz CT molecular complexity index is 651. The first-order valence-electron chi connectivity index (χ1n) is 9.68. The van der Waals surface area contributed by atoms with E-state index in [0.717, 1.165) is 0 Å². The Hall–Kier alpha value is -1.08. The van der Waals surface area contributed by atoms with Gasteiger partial charge in [0.05, 0.1) is 0 Å². The third-order valence-electron chi connectivity index (χ3n) is 6.56. The Morgan fingerprint density at radius 2 is 1.33 bits per heavy atom. The van der Waals surface area contributed by atoms with Gasteiger partial charge in [0.1, 0.15) is 8.07 Å². The molecule has 0 aromatic heterocycles. The fourth-order valence-corrected chi connectivity index (χ4v) is 11.7. The molecule has 1 atom stereocenters. The smallest absolute Gasteiger partial charge is 0.0737 e. The molecule has 1 aromatic carbocycles. The maximum Gasteiger partial charge on any atom is 0.101 e. The molecule has 0 amide bonds. The minimum atomic E-state index is -1.71. The van der Waals surface area contributed by atoms with E-state index in [1.54, 1.807) is 10.8 Å². The molecule has 0 heterocycles. The molecule has 2 rings (SSSR count). The van der Waals surface area contributed by atoms with Crippen LogP contribution < -0.4 is 5.19 Å². The minimum absolute atomic E-state index is 0.257. The fourth-order valence-electron chi connectivity index (χ4n) is 5.17. The Morgan fingerprint density at radius 1 is 0.833 bits per heavy atom. The van der Waals surface area contributed by atoms with Crippen LogP contribution in [0.2, 0.25) is 17.1 Å². The summed E-state index contributed by atoms with van der Waals surface area (Å²) in [6.45, 7) is 18.9. The van der Waals surface area contributed by atoms with Gasteiger partial charge in [-0.05, 0) is 40.2 Å². The van der Waals surface area contributed by atoms with Crippen molar-refractivity contribution in [3.63, 3.8) is 0 Å². The molecular weight excluding hydrogens is 304 g/mol. The van der Waals surface area contributed by atoms with Gasteiger partial charge in [-0.3, -0.25) is 0 Å². The van der Waals surface area contributed by atoms with Crippen LogP contribution in [0.5, 0.6) is 0 Å². The van der Waals surface area contributed by atoms with E-state index in [4.69, 9.17) is 0 Å². The van der Waals surface area contributed by atoms with Crippen LogP contribution in [0.3, 0.4) is 0 Å². The third kappa shape index (κ3) is 2.96. The maximum absolute atomic E-state index is 2.63. The van der Waals surface area contributed by atoms with Gasteiger partial charge in [-0.1, -0.05) is 97.4 Å². The zero-order chi connectivity index (χ0) is 18.1. The predicted molar refractivity (Wildman–Crippen MR) is 112 cm³/mol. The predicted octanol–water partition coefficient (Wildman–Crippen LogP) is 6.84. The summed E-state index contributed by atoms with van der Waals surface area (Å²) in [5.41, 5.74) is 7.52. The van der Waals surface area contributed by atoms with Crippen LogP contribution in [-0.2, 0) is 0 Å². The van der Waals surface area contributed by atoms with Gasteiger partial charge < -0.3 is 0 Å². The van der Waals surface area contributed by atoms with E-state index < -0.39 is 8.07 Å². The number of benzene rings is 1. The van der Waals surface area contributed by atoms with Gasteiger partial charge in [-0.2, -0.15) is 0 Å². The lowest BCUT2D eigenvalue weighted by Crippen LogP contribution is -2.56. The summed E-state index contributed by atoms with van der Waals surface area (Å²) in [4.78, 5) is 0. The number of aryl methyl sites for hydroxylation is 2. The average molecular weight is 341 g/mol. The van der Waals surface area contributed by atoms with Crippen molar-refractivity contribution < 1.29 is 0 Å². The van der Waals surface area contributed by atoms with Crippen molar-refractivity contribution in [1.29, 1.82) is 0 Å². The quantitative estimate of drug-likeness (QED) is 0.497. The molecule has 1 aliphatic rings. The van der Waals surface area contributed by atoms with Crippen molar-refractivity contribution >= 4 is 13.3 Å². The molecular formula is C23H36Si. The highest BCUT2D eigenvalue weighted by atomic mass is 28.3. The Balaban J connectivity index is 2.77. The zero-order valence-electron chi connectivity index (χ0n) is 17.1. The van der Waals surface area contributed by atoms with Gasteiger partial charge in [0.15, 0.2) is 0 Å². The SMILES string of the molecule is CCC[Si](CCC)(c1cc(C)cc(C)c1)C1(C)C=C(C)C(C)=C1C. The monoisotopic (exact) mass is 340 g/mol. The number of hydrogen-bond donors (Lipinski definition) is 0. The molecule has 1 heteroatoms. The highest BCUT2D eigenvalue weighted by molar-refractivity contribution is 6.95. The third-order valence-corrected chi connectivity index (χ3v) is 13.2. The summed E-state index contributed by atoms with van der Waals surface area (Å²) < 4.78 is 0. The zero-order valence-corrected chi connectivity index (χ0v) is 18.1. The van der Waals surface area contributed by atoms with Crippen LogP contribution in [0, 0.1) is 13.8 Å². The van der Waals surface area contributed by atoms with Crippen LogP contribution in [0.25, 0.3) is 0 Å². The first-order valence-corrected chi connectivity index (χ1v) is 12.1. The van der Waals surface area contributed by atoms with E-state index in [9.17, 15) is 0 Å². The molecule has 0 spiro atoms. The molecule has 1 aromatic rings. The lowest BCUT2D eigenvalue weighted by Gasteiger charge is -2.47. The van der Waals surface area contributed by atoms with Crippen LogP contribution >= 0.6 is 0 Å². The van der Waals surface area contributed by atoms with Crippen molar-refractivity contribution in [3.05, 3.63) is 52.1 Å². The second kappa shape index (κ2) is 7.04. The van der Waals surface area contributed by atoms with Gasteiger partial charge >= 0.3 is 0 Å². The number of hydrogen-bond acceptors (Lipinski definition) is 0. The minimum Gasteiger partial charge on any atom is -0.0737 e. The Kier molecular flexibility index (Phi) is 5.64. The molecule has 1 unspecified atom stereocenters. The van der Waals surface area contributed by atoms with Gasteiger partial charge in [-0.15, -0.1) is 0 Å². The van der Waals surface area contributed by atoms with E-state index >= 15 is 0 Å². The molecule has 0 saturated heterocycles. The van der Waals surface area contributed by atoms with Crippen molar-refractivity contribution in [3.8, 4) is 0 Å². The molecule has 0 fully saturated rings. The van der Waals surface area contributed by atoms with Gasteiger partial charge in [0.2, 0.25) is 0 Å². The van der Waals surface area contributed by atoms with Crippen LogP contribution in [-0.4, -0.2) is 8.07 Å². The summed E-state index contributed by atoms with van der Waals surface area (Å²) in [7, 11) is -1.71. The Labute approximate surface area is 151 Å². The first kappa shape index (κ1) is 19.2. The van der Waals surface area contributed by atoms with Crippen LogP contribution in [0.1, 0.15) is 65.5 Å². The average Bonchev–Trinajstić information content (AvgIpc) is 2.70. The van der Waals surface area contributed by atoms with E-state index in [1.165, 1.54) is 47.2 Å². The topological polar surface area (TPSA) is 0 Å². The molecule has 0 radical (unpaired) electrons. The molecule has 1 aliphatic carbocycles. The second-order valence-corrected chi connectivity index (χ2v) is 13.0. The summed E-state index contributed by atoms with van der Waals surface area (Å²) in [6, 6.07) is 10.1. The molecule has 0 N–H and O–H groups in total. The highest BCUT2D eigenvalue weighted by Gasteiger charge is 2.51. The summed E-state index contributed by atoms with van der Waals surface area (Å²) in [5, 5.41) is 1.94. The van der Waals surface area contributed by atoms with Crippen LogP contribution in [0.15, 0.2) is 41.0 Å². The number of allylic oxidation sites excluding steroid dienone is 4. The highest BCUT2D eigenvalue weighted by Crippen LogP contribution is 2.56. The van der Waals surface area contributed by atoms with Crippen LogP contribution in [0.4, 0.5) is 0 Å². The maximum atomic E-state index is 2.63. The second-order valence-electron chi connectivity index (χ2n) is 8.24. The van der Waals surface area contributed by atoms with Crippen molar-refractivity contribution in [1.82, 2.24) is 0 Å². The molecule has 132 valence electrons. The molecule has 24 heavy (non-hydrogen) atoms. The van der Waals surface area contributed by atoms with E-state index in [-0.39, 0.29) is 5.04 Å². The van der Waals surface area contributed by atoms with Crippen molar-refractivity contribution in [2.75, 3.05) is 0 Å². The molecule has 0 bridgehead atoms. The van der Waals surface area contributed by atoms with E-state index in [1.807, 2.05) is 0 Å². The number of rotatable bonds is 6. The van der Waals surface area contributed by atoms with E-state index in [2.05, 4.69) is 79.7 Å².